The summed E-state index contributed by atoms with van der Waals surface area (Å²) in [5.41, 5.74) is -0.694. The number of nitro groups is 1. The molecule has 0 saturated heterocycles. The van der Waals surface area contributed by atoms with Crippen LogP contribution in [0.4, 0.5) is 15.8 Å². The number of halogens is 1. The molecule has 0 bridgehead atoms. The van der Waals surface area contributed by atoms with Crippen LogP contribution in [0, 0.1) is 21.3 Å². The number of benzene rings is 1. The maximum absolute atomic E-state index is 12.7. The first kappa shape index (κ1) is 8.07. The van der Waals surface area contributed by atoms with Crippen LogP contribution in [-0.2, 0) is 0 Å². The first-order chi connectivity index (χ1) is 5.65. The summed E-state index contributed by atoms with van der Waals surface area (Å²) in [7, 11) is 0. The molecule has 5 nitrogen and oxygen atoms in total. The van der Waals surface area contributed by atoms with Crippen molar-refractivity contribution in [1.29, 1.82) is 5.39 Å². The highest BCUT2D eigenvalue weighted by Crippen LogP contribution is 2.22. The minimum Gasteiger partial charge on any atom is -0.258 e. The van der Waals surface area contributed by atoms with Gasteiger partial charge in [0.2, 0.25) is 11.2 Å². The highest BCUT2D eigenvalue weighted by atomic mass is 19.1. The fourth-order valence-corrected chi connectivity index (χ4v) is 0.706. The highest BCUT2D eigenvalue weighted by Gasteiger charge is 2.17. The summed E-state index contributed by atoms with van der Waals surface area (Å²) in [6.07, 6.45) is 0. The van der Waals surface area contributed by atoms with Crippen LogP contribution >= 0.6 is 0 Å². The van der Waals surface area contributed by atoms with Crippen molar-refractivity contribution in [2.45, 2.75) is 0 Å². The Kier molecular flexibility index (Phi) is 1.96. The van der Waals surface area contributed by atoms with E-state index in [1.54, 1.807) is 0 Å². The average Bonchev–Trinajstić information content (AvgIpc) is 2.03. The van der Waals surface area contributed by atoms with Crippen LogP contribution in [0.2, 0.25) is 0 Å². The standard InChI is InChI=1S/C6H3FN3O2/c7-5-3-4(9-8)1-2-6(5)10(11)12/h1-3H/q+1. The van der Waals surface area contributed by atoms with Crippen LogP contribution in [0.1, 0.15) is 0 Å². The van der Waals surface area contributed by atoms with Crippen molar-refractivity contribution in [2.75, 3.05) is 0 Å². The highest BCUT2D eigenvalue weighted by molar-refractivity contribution is 5.49. The van der Waals surface area contributed by atoms with Gasteiger partial charge in [-0.05, 0) is 0 Å². The molecule has 1 rings (SSSR count). The first-order valence-corrected chi connectivity index (χ1v) is 2.94. The van der Waals surface area contributed by atoms with Crippen molar-refractivity contribution in [3.63, 3.8) is 0 Å². The van der Waals surface area contributed by atoms with E-state index in [-0.39, 0.29) is 5.69 Å². The second-order valence-corrected chi connectivity index (χ2v) is 1.99. The average molecular weight is 168 g/mol. The largest absolute Gasteiger partial charge is 0.388 e. The third kappa shape index (κ3) is 1.34. The second-order valence-electron chi connectivity index (χ2n) is 1.99. The number of hydrogen-bond acceptors (Lipinski definition) is 3. The van der Waals surface area contributed by atoms with Crippen LogP contribution in [0.3, 0.4) is 0 Å². The van der Waals surface area contributed by atoms with Crippen molar-refractivity contribution in [3.8, 4) is 0 Å². The molecule has 0 aliphatic carbocycles. The lowest BCUT2D eigenvalue weighted by Crippen LogP contribution is -1.90. The zero-order valence-electron chi connectivity index (χ0n) is 5.77. The van der Waals surface area contributed by atoms with Crippen molar-refractivity contribution in [2.24, 2.45) is 0 Å². The summed E-state index contributed by atoms with van der Waals surface area (Å²) in [5.74, 6) is -1.02. The maximum atomic E-state index is 12.7. The monoisotopic (exact) mass is 168 g/mol. The number of nitrogens with zero attached hydrogens (tertiary/aromatic N) is 3. The van der Waals surface area contributed by atoms with Gasteiger partial charge in [0, 0.05) is 12.1 Å². The second kappa shape index (κ2) is 2.92. The van der Waals surface area contributed by atoms with Crippen molar-refractivity contribution in [1.82, 2.24) is 0 Å². The predicted octanol–water partition coefficient (Wildman–Crippen LogP) is 2.22. The minimum absolute atomic E-state index is 0.0573. The van der Waals surface area contributed by atoms with Crippen molar-refractivity contribution >= 4 is 11.4 Å². The molecule has 1 aromatic rings. The third-order valence-corrected chi connectivity index (χ3v) is 1.24. The summed E-state index contributed by atoms with van der Waals surface area (Å²) in [6, 6.07) is 2.85. The maximum Gasteiger partial charge on any atom is 0.388 e. The number of nitro benzene ring substituents is 1. The van der Waals surface area contributed by atoms with E-state index in [1.165, 1.54) is 0 Å². The minimum atomic E-state index is -1.02. The van der Waals surface area contributed by atoms with Gasteiger partial charge in [-0.2, -0.15) is 4.39 Å². The van der Waals surface area contributed by atoms with Gasteiger partial charge < -0.3 is 0 Å². The lowest BCUT2D eigenvalue weighted by atomic mass is 10.3. The zero-order chi connectivity index (χ0) is 9.14. The van der Waals surface area contributed by atoms with Crippen LogP contribution < -0.4 is 0 Å². The van der Waals surface area contributed by atoms with E-state index in [9.17, 15) is 14.5 Å². The van der Waals surface area contributed by atoms with Crippen LogP contribution in [0.25, 0.3) is 4.98 Å². The Balaban J connectivity index is 3.23. The molecule has 0 radical (unpaired) electrons. The summed E-state index contributed by atoms with van der Waals surface area (Å²) in [6.45, 7) is 0. The lowest BCUT2D eigenvalue weighted by molar-refractivity contribution is -0.387. The van der Waals surface area contributed by atoms with E-state index in [0.717, 1.165) is 18.2 Å². The Bertz CT molecular complexity index is 372. The molecule has 0 heterocycles. The van der Waals surface area contributed by atoms with Crippen molar-refractivity contribution < 1.29 is 9.31 Å². The van der Waals surface area contributed by atoms with E-state index in [2.05, 4.69) is 4.98 Å². The summed E-state index contributed by atoms with van der Waals surface area (Å²) in [5, 5.41) is 18.3. The Morgan fingerprint density at radius 2 is 2.25 bits per heavy atom. The quantitative estimate of drug-likeness (QED) is 0.366. The summed E-state index contributed by atoms with van der Waals surface area (Å²) >= 11 is 0. The molecular weight excluding hydrogens is 165 g/mol. The SMILES string of the molecule is N#[N+]c1ccc([N+](=O)[O-])c(F)c1. The molecule has 0 atom stereocenters. The Labute approximate surface area is 66.2 Å². The van der Waals surface area contributed by atoms with E-state index in [1.807, 2.05) is 0 Å². The third-order valence-electron chi connectivity index (χ3n) is 1.24. The molecular formula is C6H3FN3O2+. The summed E-state index contributed by atoms with van der Waals surface area (Å²) in [4.78, 5) is 11.9. The van der Waals surface area contributed by atoms with E-state index < -0.39 is 16.4 Å². The van der Waals surface area contributed by atoms with Gasteiger partial charge in [0.25, 0.3) is 0 Å². The molecule has 0 unspecified atom stereocenters. The molecule has 0 N–H and O–H groups in total. The molecule has 0 aliphatic rings. The number of diazo groups is 1. The molecule has 0 aromatic heterocycles. The molecule has 0 amide bonds. The van der Waals surface area contributed by atoms with Crippen molar-refractivity contribution in [3.05, 3.63) is 39.1 Å². The smallest absolute Gasteiger partial charge is 0.258 e. The van der Waals surface area contributed by atoms with Crippen LogP contribution in [0.5, 0.6) is 0 Å². The number of hydrogen-bond donors (Lipinski definition) is 0. The van der Waals surface area contributed by atoms with Crippen LogP contribution in [0.15, 0.2) is 18.2 Å². The van der Waals surface area contributed by atoms with Gasteiger partial charge in [-0.3, -0.25) is 10.1 Å². The van der Waals surface area contributed by atoms with Gasteiger partial charge in [0.15, 0.2) is 4.98 Å². The van der Waals surface area contributed by atoms with Gasteiger partial charge in [0.05, 0.1) is 11.0 Å². The molecule has 0 saturated carbocycles. The van der Waals surface area contributed by atoms with E-state index >= 15 is 0 Å². The first-order valence-electron chi connectivity index (χ1n) is 2.94. The molecule has 12 heavy (non-hydrogen) atoms. The van der Waals surface area contributed by atoms with Gasteiger partial charge in [-0.15, -0.1) is 0 Å². The molecule has 60 valence electrons. The fourth-order valence-electron chi connectivity index (χ4n) is 0.706. The number of rotatable bonds is 1. The molecule has 1 aromatic carbocycles. The van der Waals surface area contributed by atoms with Gasteiger partial charge in [-0.25, -0.2) is 0 Å². The Hall–Kier alpha value is -2.03. The normalized spacial score (nSPS) is 9.00. The van der Waals surface area contributed by atoms with E-state index in [0.29, 0.717) is 0 Å². The lowest BCUT2D eigenvalue weighted by Gasteiger charge is -1.88. The van der Waals surface area contributed by atoms with Gasteiger partial charge in [0.1, 0.15) is 0 Å². The molecule has 0 fully saturated rings. The summed E-state index contributed by atoms with van der Waals surface area (Å²) < 4.78 is 12.7. The zero-order valence-corrected chi connectivity index (χ0v) is 5.77. The molecule has 0 spiro atoms. The predicted molar refractivity (Wildman–Crippen MR) is 37.8 cm³/mol. The molecule has 0 aliphatic heterocycles. The fraction of sp³-hybridized carbons (Fsp3) is 0. The van der Waals surface area contributed by atoms with Gasteiger partial charge in [-0.1, -0.05) is 0 Å². The Morgan fingerprint density at radius 1 is 1.58 bits per heavy atom. The Morgan fingerprint density at radius 3 is 2.67 bits per heavy atom. The van der Waals surface area contributed by atoms with Crippen LogP contribution in [-0.4, -0.2) is 4.92 Å². The van der Waals surface area contributed by atoms with Gasteiger partial charge >= 0.3 is 11.4 Å². The van der Waals surface area contributed by atoms with E-state index in [4.69, 9.17) is 5.39 Å². The topological polar surface area (TPSA) is 71.3 Å². The molecule has 6 heteroatoms.